The van der Waals surface area contributed by atoms with E-state index in [0.717, 1.165) is 36.9 Å². The molecule has 6 nitrogen and oxygen atoms in total. The van der Waals surface area contributed by atoms with Crippen molar-refractivity contribution in [2.24, 2.45) is 10.4 Å². The van der Waals surface area contributed by atoms with Crippen molar-refractivity contribution in [3.63, 3.8) is 0 Å². The monoisotopic (exact) mass is 487 g/mol. The third-order valence-corrected chi connectivity index (χ3v) is 4.48. The van der Waals surface area contributed by atoms with Crippen molar-refractivity contribution in [2.75, 3.05) is 26.7 Å². The molecular formula is C20H34IN5O. The number of fused-ring (bicyclic) bond motifs is 1. The lowest BCUT2D eigenvalue weighted by Crippen LogP contribution is -2.40. The highest BCUT2D eigenvalue weighted by Crippen LogP contribution is 2.21. The van der Waals surface area contributed by atoms with E-state index >= 15 is 0 Å². The molecule has 0 aliphatic rings. The van der Waals surface area contributed by atoms with Gasteiger partial charge in [-0.15, -0.1) is 24.0 Å². The number of guanidine groups is 1. The largest absolute Gasteiger partial charge is 0.379 e. The Morgan fingerprint density at radius 3 is 2.59 bits per heavy atom. The Morgan fingerprint density at radius 2 is 1.96 bits per heavy atom. The first-order valence-electron chi connectivity index (χ1n) is 9.33. The maximum absolute atomic E-state index is 5.60. The molecular weight excluding hydrogens is 453 g/mol. The predicted molar refractivity (Wildman–Crippen MR) is 124 cm³/mol. The van der Waals surface area contributed by atoms with E-state index in [1.165, 1.54) is 5.52 Å². The second kappa shape index (κ2) is 10.8. The highest BCUT2D eigenvalue weighted by atomic mass is 127. The van der Waals surface area contributed by atoms with Gasteiger partial charge in [-0.05, 0) is 31.4 Å². The molecule has 1 heterocycles. The number of hydrogen-bond donors (Lipinski definition) is 2. The van der Waals surface area contributed by atoms with Gasteiger partial charge in [0.1, 0.15) is 5.82 Å². The molecule has 0 saturated heterocycles. The molecule has 0 aliphatic carbocycles. The fraction of sp³-hybridized carbons (Fsp3) is 0.600. The van der Waals surface area contributed by atoms with Gasteiger partial charge in [0.05, 0.1) is 23.7 Å². The number of halogens is 1. The van der Waals surface area contributed by atoms with Gasteiger partial charge in [-0.3, -0.25) is 4.99 Å². The van der Waals surface area contributed by atoms with Crippen molar-refractivity contribution in [3.05, 3.63) is 30.1 Å². The van der Waals surface area contributed by atoms with E-state index in [2.05, 4.69) is 66.1 Å². The van der Waals surface area contributed by atoms with Crippen molar-refractivity contribution in [1.29, 1.82) is 0 Å². The molecule has 0 aliphatic heterocycles. The molecule has 1 atom stereocenters. The average Bonchev–Trinajstić information content (AvgIpc) is 2.90. The van der Waals surface area contributed by atoms with Crippen LogP contribution in [0.5, 0.6) is 0 Å². The minimum absolute atomic E-state index is 0. The standard InChI is InChI=1S/C20H33N5O.HI/c1-7-21-19(23-14-18(26-6)20(3,4)5)22-12-13-25-15(2)24-16-10-8-9-11-17(16)25;/h8-11,18H,7,12-14H2,1-6H3,(H2,21,22,23);1H. The Hall–Kier alpha value is -1.35. The Kier molecular flexibility index (Phi) is 9.52. The molecule has 0 amide bonds. The summed E-state index contributed by atoms with van der Waals surface area (Å²) in [7, 11) is 1.75. The summed E-state index contributed by atoms with van der Waals surface area (Å²) < 4.78 is 7.83. The first kappa shape index (κ1) is 23.7. The molecule has 1 aromatic carbocycles. The van der Waals surface area contributed by atoms with E-state index in [4.69, 9.17) is 9.73 Å². The number of hydrogen-bond acceptors (Lipinski definition) is 3. The molecule has 1 unspecified atom stereocenters. The van der Waals surface area contributed by atoms with Crippen LogP contribution >= 0.6 is 24.0 Å². The van der Waals surface area contributed by atoms with Gasteiger partial charge in [-0.1, -0.05) is 32.9 Å². The molecule has 0 bridgehead atoms. The van der Waals surface area contributed by atoms with E-state index in [1.807, 2.05) is 13.0 Å². The van der Waals surface area contributed by atoms with E-state index in [-0.39, 0.29) is 35.5 Å². The Bertz CT molecular complexity index is 736. The van der Waals surface area contributed by atoms with Crippen molar-refractivity contribution in [2.45, 2.75) is 47.3 Å². The molecule has 152 valence electrons. The van der Waals surface area contributed by atoms with Gasteiger partial charge in [0.15, 0.2) is 5.96 Å². The minimum atomic E-state index is 0. The zero-order chi connectivity index (χ0) is 19.2. The summed E-state index contributed by atoms with van der Waals surface area (Å²) in [5.41, 5.74) is 2.27. The number of aromatic nitrogens is 2. The van der Waals surface area contributed by atoms with Gasteiger partial charge >= 0.3 is 0 Å². The number of aliphatic imine (C=N–C) groups is 1. The second-order valence-electron chi connectivity index (χ2n) is 7.54. The van der Waals surface area contributed by atoms with Crippen LogP contribution < -0.4 is 10.6 Å². The molecule has 2 N–H and O–H groups in total. The van der Waals surface area contributed by atoms with Crippen LogP contribution in [0.2, 0.25) is 0 Å². The molecule has 0 saturated carbocycles. The summed E-state index contributed by atoms with van der Waals surface area (Å²) >= 11 is 0. The number of para-hydroxylation sites is 2. The highest BCUT2D eigenvalue weighted by Gasteiger charge is 2.24. The number of rotatable bonds is 7. The Morgan fingerprint density at radius 1 is 1.26 bits per heavy atom. The molecule has 27 heavy (non-hydrogen) atoms. The van der Waals surface area contributed by atoms with Crippen LogP contribution in [0.4, 0.5) is 0 Å². The van der Waals surface area contributed by atoms with Gasteiger partial charge in [-0.2, -0.15) is 0 Å². The van der Waals surface area contributed by atoms with Crippen LogP contribution in [0, 0.1) is 12.3 Å². The molecule has 0 radical (unpaired) electrons. The van der Waals surface area contributed by atoms with E-state index < -0.39 is 0 Å². The topological polar surface area (TPSA) is 63.5 Å². The van der Waals surface area contributed by atoms with E-state index in [0.29, 0.717) is 6.54 Å². The molecule has 0 spiro atoms. The fourth-order valence-corrected chi connectivity index (χ4v) is 2.98. The van der Waals surface area contributed by atoms with Crippen LogP contribution in [0.15, 0.2) is 29.3 Å². The van der Waals surface area contributed by atoms with Crippen LogP contribution in [0.1, 0.15) is 33.5 Å². The predicted octanol–water partition coefficient (Wildman–Crippen LogP) is 3.58. The lowest BCUT2D eigenvalue weighted by Gasteiger charge is -2.28. The fourth-order valence-electron chi connectivity index (χ4n) is 2.98. The smallest absolute Gasteiger partial charge is 0.191 e. The maximum atomic E-state index is 5.60. The Balaban J connectivity index is 0.00000364. The third kappa shape index (κ3) is 6.64. The average molecular weight is 487 g/mol. The lowest BCUT2D eigenvalue weighted by atomic mass is 9.89. The van der Waals surface area contributed by atoms with Gasteiger partial charge < -0.3 is 19.9 Å². The van der Waals surface area contributed by atoms with Crippen LogP contribution in [0.25, 0.3) is 11.0 Å². The maximum Gasteiger partial charge on any atom is 0.191 e. The lowest BCUT2D eigenvalue weighted by molar-refractivity contribution is 0.0241. The zero-order valence-electron chi connectivity index (χ0n) is 17.4. The van der Waals surface area contributed by atoms with Crippen molar-refractivity contribution in [3.8, 4) is 0 Å². The number of ether oxygens (including phenoxy) is 1. The molecule has 7 heteroatoms. The first-order valence-corrected chi connectivity index (χ1v) is 9.33. The first-order chi connectivity index (χ1) is 12.4. The zero-order valence-corrected chi connectivity index (χ0v) is 19.7. The molecule has 2 rings (SSSR count). The third-order valence-electron chi connectivity index (χ3n) is 4.48. The SMILES string of the molecule is CCNC(=NCC(OC)C(C)(C)C)NCCn1c(C)nc2ccccc21.I. The quantitative estimate of drug-likeness (QED) is 0.356. The van der Waals surface area contributed by atoms with E-state index in [1.54, 1.807) is 7.11 Å². The number of benzene rings is 1. The van der Waals surface area contributed by atoms with Crippen molar-refractivity contribution in [1.82, 2.24) is 20.2 Å². The minimum Gasteiger partial charge on any atom is -0.379 e. The van der Waals surface area contributed by atoms with Gasteiger partial charge in [0.2, 0.25) is 0 Å². The highest BCUT2D eigenvalue weighted by molar-refractivity contribution is 14.0. The second-order valence-corrected chi connectivity index (χ2v) is 7.54. The van der Waals surface area contributed by atoms with Crippen molar-refractivity contribution < 1.29 is 4.74 Å². The summed E-state index contributed by atoms with van der Waals surface area (Å²) in [4.78, 5) is 9.32. The summed E-state index contributed by atoms with van der Waals surface area (Å²) in [6, 6.07) is 8.24. The van der Waals surface area contributed by atoms with Crippen LogP contribution in [-0.2, 0) is 11.3 Å². The van der Waals surface area contributed by atoms with Gasteiger partial charge in [0, 0.05) is 26.7 Å². The van der Waals surface area contributed by atoms with Crippen LogP contribution in [0.3, 0.4) is 0 Å². The van der Waals surface area contributed by atoms with Crippen LogP contribution in [-0.4, -0.2) is 48.4 Å². The molecule has 0 fully saturated rings. The van der Waals surface area contributed by atoms with Crippen molar-refractivity contribution >= 4 is 41.0 Å². The number of nitrogens with zero attached hydrogens (tertiary/aromatic N) is 3. The number of aryl methyl sites for hydroxylation is 1. The summed E-state index contributed by atoms with van der Waals surface area (Å²) in [6.07, 6.45) is 0.0813. The summed E-state index contributed by atoms with van der Waals surface area (Å²) in [5.74, 6) is 1.85. The van der Waals surface area contributed by atoms with E-state index in [9.17, 15) is 0 Å². The van der Waals surface area contributed by atoms with Gasteiger partial charge in [-0.25, -0.2) is 4.98 Å². The summed E-state index contributed by atoms with van der Waals surface area (Å²) in [5, 5.41) is 6.72. The normalized spacial score (nSPS) is 13.3. The number of methoxy groups -OCH3 is 1. The summed E-state index contributed by atoms with van der Waals surface area (Å²) in [6.45, 7) is 13.7. The molecule has 2 aromatic rings. The number of imidazole rings is 1. The molecule has 1 aromatic heterocycles. The number of nitrogens with one attached hydrogen (secondary N) is 2. The Labute approximate surface area is 180 Å². The van der Waals surface area contributed by atoms with Gasteiger partial charge in [0.25, 0.3) is 0 Å².